The van der Waals surface area contributed by atoms with Crippen molar-refractivity contribution >= 4 is 34.5 Å². The van der Waals surface area contributed by atoms with Gasteiger partial charge >= 0.3 is 0 Å². The van der Waals surface area contributed by atoms with E-state index < -0.39 is 0 Å². The molecule has 13 heteroatoms. The van der Waals surface area contributed by atoms with Crippen LogP contribution in [0.2, 0.25) is 0 Å². The normalized spacial score (nSPS) is 14.9. The number of hydrogen-bond acceptors (Lipinski definition) is 11. The number of amides is 1. The van der Waals surface area contributed by atoms with E-state index in [2.05, 4.69) is 52.8 Å². The third-order valence-corrected chi connectivity index (χ3v) is 8.25. The molecule has 5 rings (SSSR count). The summed E-state index contributed by atoms with van der Waals surface area (Å²) in [6.45, 7) is 9.56. The lowest BCUT2D eigenvalue weighted by Gasteiger charge is -2.38. The number of piperazine rings is 1. The lowest BCUT2D eigenvalue weighted by Crippen LogP contribution is -2.54. The Morgan fingerprint density at radius 2 is 1.91 bits per heavy atom. The van der Waals surface area contributed by atoms with Crippen LogP contribution in [0.15, 0.2) is 66.9 Å². The summed E-state index contributed by atoms with van der Waals surface area (Å²) in [5.74, 6) is 0.665. The highest BCUT2D eigenvalue weighted by molar-refractivity contribution is 6.05. The molecule has 1 aliphatic heterocycles. The number of aromatic amines is 1. The van der Waals surface area contributed by atoms with Gasteiger partial charge in [-0.05, 0) is 30.5 Å². The molecule has 5 N–H and O–H groups in total. The van der Waals surface area contributed by atoms with E-state index >= 15 is 0 Å². The van der Waals surface area contributed by atoms with E-state index in [1.807, 2.05) is 44.3 Å². The van der Waals surface area contributed by atoms with Gasteiger partial charge in [-0.15, -0.1) is 0 Å². The van der Waals surface area contributed by atoms with Crippen molar-refractivity contribution in [3.05, 3.63) is 78.0 Å². The summed E-state index contributed by atoms with van der Waals surface area (Å²) in [5.41, 5.74) is 4.71. The number of H-pyrrole nitrogens is 1. The number of ether oxygens (including phenoxy) is 2. The van der Waals surface area contributed by atoms with Crippen LogP contribution in [0.4, 0.5) is 11.8 Å². The Kier molecular flexibility index (Phi) is 11.5. The van der Waals surface area contributed by atoms with Gasteiger partial charge in [-0.25, -0.2) is 15.0 Å². The van der Waals surface area contributed by atoms with Gasteiger partial charge in [0.15, 0.2) is 5.82 Å². The van der Waals surface area contributed by atoms with Gasteiger partial charge in [0.2, 0.25) is 17.8 Å². The first-order valence-electron chi connectivity index (χ1n) is 15.9. The number of benzene rings is 1. The largest absolute Gasteiger partial charge is 0.480 e. The maximum Gasteiger partial charge on any atom is 0.242 e. The number of fused-ring (bicyclic) bond motifs is 1. The number of carbonyl (C=O) groups is 1. The molecule has 0 aliphatic carbocycles. The third kappa shape index (κ3) is 8.30. The lowest BCUT2D eigenvalue weighted by molar-refractivity contribution is -0.122. The summed E-state index contributed by atoms with van der Waals surface area (Å²) >= 11 is 0. The van der Waals surface area contributed by atoms with Gasteiger partial charge in [-0.2, -0.15) is 0 Å². The standard InChI is InChI=1S/C34H44N10O3/c1-5-28(44-15-13-43(14-16-44)17-18-47-22-24-9-7-6-8-10-24)33(45)42-32-30-25(11-12-37-32)26(20-38-30)29-23(2)19-39-34(41-29)40-27(21-36-3)31(35)46-4/h6-12,19-21,28,35-36,38H,5,13-18,22H2,1-4H3,(H,37,42,45)(H,39,40,41)/b27-21+,35-31?. The zero-order chi connectivity index (χ0) is 33.2. The molecule has 0 radical (unpaired) electrons. The van der Waals surface area contributed by atoms with Crippen molar-refractivity contribution in [1.29, 1.82) is 5.41 Å². The number of nitrogens with one attached hydrogen (secondary N) is 5. The van der Waals surface area contributed by atoms with Crippen LogP contribution in [0.3, 0.4) is 0 Å². The molecule has 47 heavy (non-hydrogen) atoms. The molecule has 13 nitrogen and oxygen atoms in total. The van der Waals surface area contributed by atoms with Gasteiger partial charge in [-0.3, -0.25) is 20.0 Å². The van der Waals surface area contributed by atoms with E-state index in [0.717, 1.165) is 54.8 Å². The summed E-state index contributed by atoms with van der Waals surface area (Å²) in [6.07, 6.45) is 7.58. The zero-order valence-electron chi connectivity index (χ0n) is 27.5. The van der Waals surface area contributed by atoms with Gasteiger partial charge < -0.3 is 30.4 Å². The first kappa shape index (κ1) is 33.5. The number of anilines is 2. The molecule has 1 fully saturated rings. The Morgan fingerprint density at radius 3 is 2.64 bits per heavy atom. The Hall–Kier alpha value is -4.85. The molecule has 3 aromatic heterocycles. The van der Waals surface area contributed by atoms with Crippen molar-refractivity contribution in [3.63, 3.8) is 0 Å². The minimum Gasteiger partial charge on any atom is -0.480 e. The molecule has 1 aliphatic rings. The number of aryl methyl sites for hydroxylation is 1. The van der Waals surface area contributed by atoms with E-state index in [0.29, 0.717) is 42.8 Å². The van der Waals surface area contributed by atoms with Crippen molar-refractivity contribution in [3.8, 4) is 11.3 Å². The summed E-state index contributed by atoms with van der Waals surface area (Å²) in [7, 11) is 3.16. The van der Waals surface area contributed by atoms with Gasteiger partial charge in [0.05, 0.1) is 37.6 Å². The molecular weight excluding hydrogens is 596 g/mol. The van der Waals surface area contributed by atoms with Crippen LogP contribution in [-0.2, 0) is 20.9 Å². The zero-order valence-corrected chi connectivity index (χ0v) is 27.5. The van der Waals surface area contributed by atoms with Crippen LogP contribution in [0, 0.1) is 12.3 Å². The first-order chi connectivity index (χ1) is 22.9. The average molecular weight is 641 g/mol. The van der Waals surface area contributed by atoms with Gasteiger partial charge in [-0.1, -0.05) is 37.3 Å². The van der Waals surface area contributed by atoms with E-state index in [1.54, 1.807) is 25.6 Å². The minimum absolute atomic E-state index is 0.0555. The molecule has 1 unspecified atom stereocenters. The quantitative estimate of drug-likeness (QED) is 0.0776. The Labute approximate surface area is 275 Å². The predicted octanol–water partition coefficient (Wildman–Crippen LogP) is 3.98. The van der Waals surface area contributed by atoms with Crippen LogP contribution in [0.1, 0.15) is 24.5 Å². The summed E-state index contributed by atoms with van der Waals surface area (Å²) in [6, 6.07) is 11.8. The van der Waals surface area contributed by atoms with Crippen molar-refractivity contribution < 1.29 is 14.3 Å². The fraction of sp³-hybridized carbons (Fsp3) is 0.382. The second-order valence-corrected chi connectivity index (χ2v) is 11.3. The maximum absolute atomic E-state index is 13.6. The molecule has 4 aromatic rings. The number of hydrogen-bond donors (Lipinski definition) is 5. The van der Waals surface area contributed by atoms with E-state index in [-0.39, 0.29) is 17.8 Å². The average Bonchev–Trinajstić information content (AvgIpc) is 3.53. The Bertz CT molecular complexity index is 1680. The summed E-state index contributed by atoms with van der Waals surface area (Å²) in [5, 5.41) is 18.0. The van der Waals surface area contributed by atoms with Crippen molar-refractivity contribution in [2.75, 3.05) is 64.1 Å². The highest BCUT2D eigenvalue weighted by Gasteiger charge is 2.28. The van der Waals surface area contributed by atoms with Crippen molar-refractivity contribution in [2.45, 2.75) is 32.9 Å². The maximum atomic E-state index is 13.6. The lowest BCUT2D eigenvalue weighted by atomic mass is 10.1. The molecule has 0 spiro atoms. The van der Waals surface area contributed by atoms with Crippen molar-refractivity contribution in [1.82, 2.24) is 35.1 Å². The number of nitrogens with zero attached hydrogens (tertiary/aromatic N) is 5. The Balaban J connectivity index is 1.22. The topological polar surface area (TPSA) is 156 Å². The highest BCUT2D eigenvalue weighted by Crippen LogP contribution is 2.32. The van der Waals surface area contributed by atoms with Crippen molar-refractivity contribution in [2.24, 2.45) is 0 Å². The van der Waals surface area contributed by atoms with Gasteiger partial charge in [0, 0.05) is 75.5 Å². The second kappa shape index (κ2) is 16.1. The van der Waals surface area contributed by atoms with Gasteiger partial charge in [0.1, 0.15) is 5.70 Å². The smallest absolute Gasteiger partial charge is 0.242 e. The molecule has 0 saturated carbocycles. The minimum atomic E-state index is -0.263. The Morgan fingerprint density at radius 1 is 1.13 bits per heavy atom. The molecule has 4 heterocycles. The summed E-state index contributed by atoms with van der Waals surface area (Å²) in [4.78, 5) is 35.2. The van der Waals surface area contributed by atoms with E-state index in [9.17, 15) is 4.79 Å². The summed E-state index contributed by atoms with van der Waals surface area (Å²) < 4.78 is 10.9. The SMILES string of the molecule is CCC(C(=O)Nc1nccc2c(-c3nc(N/C(=C/NC)C(=N)OC)ncc3C)c[nH]c12)N1CCN(CCOCc2ccccc2)CC1. The monoisotopic (exact) mass is 640 g/mol. The third-order valence-electron chi connectivity index (χ3n) is 8.25. The molecule has 1 atom stereocenters. The number of aromatic nitrogens is 4. The molecule has 0 bridgehead atoms. The van der Waals surface area contributed by atoms with Crippen LogP contribution in [0.5, 0.6) is 0 Å². The number of methoxy groups -OCH3 is 1. The van der Waals surface area contributed by atoms with Crippen LogP contribution >= 0.6 is 0 Å². The number of rotatable bonds is 14. The fourth-order valence-corrected chi connectivity index (χ4v) is 5.72. The first-order valence-corrected chi connectivity index (χ1v) is 15.9. The van der Waals surface area contributed by atoms with Gasteiger partial charge in [0.25, 0.3) is 0 Å². The fourth-order valence-electron chi connectivity index (χ4n) is 5.72. The molecule has 1 saturated heterocycles. The highest BCUT2D eigenvalue weighted by atomic mass is 16.5. The predicted molar refractivity (Wildman–Crippen MR) is 184 cm³/mol. The van der Waals surface area contributed by atoms with E-state index in [4.69, 9.17) is 19.9 Å². The molecule has 248 valence electrons. The van der Waals surface area contributed by atoms with E-state index in [1.165, 1.54) is 12.7 Å². The van der Waals surface area contributed by atoms with Crippen LogP contribution in [0.25, 0.3) is 22.2 Å². The number of carbonyl (C=O) groups excluding carboxylic acids is 1. The molecule has 1 amide bonds. The van der Waals surface area contributed by atoms with Crippen LogP contribution in [-0.4, -0.2) is 101 Å². The molecule has 1 aromatic carbocycles. The molecular formula is C34H44N10O3. The number of pyridine rings is 1. The second-order valence-electron chi connectivity index (χ2n) is 11.3. The van der Waals surface area contributed by atoms with Crippen LogP contribution < -0.4 is 16.0 Å².